The van der Waals surface area contributed by atoms with Gasteiger partial charge in [-0.15, -0.1) is 0 Å². The van der Waals surface area contributed by atoms with Crippen LogP contribution in [0.1, 0.15) is 21.5 Å². The van der Waals surface area contributed by atoms with E-state index in [1.165, 1.54) is 18.2 Å². The predicted molar refractivity (Wildman–Crippen MR) is 74.0 cm³/mol. The molecule has 2 rings (SSSR count). The van der Waals surface area contributed by atoms with Crippen molar-refractivity contribution in [2.24, 2.45) is 0 Å². The first-order chi connectivity index (χ1) is 9.70. The van der Waals surface area contributed by atoms with Crippen LogP contribution in [0.2, 0.25) is 5.02 Å². The van der Waals surface area contributed by atoms with E-state index in [9.17, 15) is 22.4 Å². The van der Waals surface area contributed by atoms with Gasteiger partial charge in [-0.25, -0.2) is 4.39 Å². The van der Waals surface area contributed by atoms with Gasteiger partial charge in [0.2, 0.25) is 0 Å². The van der Waals surface area contributed by atoms with Gasteiger partial charge in [-0.3, -0.25) is 4.79 Å². The molecule has 2 aromatic rings. The molecule has 0 saturated heterocycles. The van der Waals surface area contributed by atoms with E-state index < -0.39 is 23.3 Å². The number of hydrogen-bond donors (Lipinski definition) is 0. The van der Waals surface area contributed by atoms with Crippen LogP contribution < -0.4 is 0 Å². The highest BCUT2D eigenvalue weighted by Crippen LogP contribution is 2.33. The summed E-state index contributed by atoms with van der Waals surface area (Å²) in [6, 6.07) is 6.46. The van der Waals surface area contributed by atoms with Gasteiger partial charge in [0.25, 0.3) is 0 Å². The standard InChI is InChI=1S/C14H6BrClF4O/c15-11-3-2-8(16)6-9(11)13(21)7-1-4-12(17)10(5-7)14(18,19)20/h1-6H. The lowest BCUT2D eigenvalue weighted by Crippen LogP contribution is -2.11. The summed E-state index contributed by atoms with van der Waals surface area (Å²) in [6.07, 6.45) is -4.87. The van der Waals surface area contributed by atoms with Crippen molar-refractivity contribution in [3.63, 3.8) is 0 Å². The highest BCUT2D eigenvalue weighted by Gasteiger charge is 2.34. The van der Waals surface area contributed by atoms with Gasteiger partial charge in [0.05, 0.1) is 5.56 Å². The molecular formula is C14H6BrClF4O. The van der Waals surface area contributed by atoms with Gasteiger partial charge >= 0.3 is 6.18 Å². The SMILES string of the molecule is O=C(c1ccc(F)c(C(F)(F)F)c1)c1cc(Cl)ccc1Br. The first-order valence-electron chi connectivity index (χ1n) is 5.56. The summed E-state index contributed by atoms with van der Waals surface area (Å²) in [5.41, 5.74) is -1.65. The number of ketones is 1. The zero-order chi connectivity index (χ0) is 15.8. The van der Waals surface area contributed by atoms with Crippen LogP contribution in [0.4, 0.5) is 17.6 Å². The molecule has 0 spiro atoms. The highest BCUT2D eigenvalue weighted by atomic mass is 79.9. The van der Waals surface area contributed by atoms with E-state index in [1.54, 1.807) is 0 Å². The maximum Gasteiger partial charge on any atom is 0.419 e. The van der Waals surface area contributed by atoms with Crippen LogP contribution in [0.5, 0.6) is 0 Å². The van der Waals surface area contributed by atoms with Crippen molar-refractivity contribution < 1.29 is 22.4 Å². The van der Waals surface area contributed by atoms with Gasteiger partial charge in [0.1, 0.15) is 5.82 Å². The van der Waals surface area contributed by atoms with Crippen molar-refractivity contribution in [1.82, 2.24) is 0 Å². The molecule has 0 amide bonds. The molecule has 0 aliphatic carbocycles. The Labute approximate surface area is 130 Å². The number of alkyl halides is 3. The van der Waals surface area contributed by atoms with E-state index in [2.05, 4.69) is 15.9 Å². The number of carbonyl (C=O) groups excluding carboxylic acids is 1. The second kappa shape index (κ2) is 5.77. The number of carbonyl (C=O) groups is 1. The fraction of sp³-hybridized carbons (Fsp3) is 0.0714. The van der Waals surface area contributed by atoms with Crippen molar-refractivity contribution in [3.8, 4) is 0 Å². The quantitative estimate of drug-likeness (QED) is 0.496. The molecule has 0 radical (unpaired) electrons. The molecule has 110 valence electrons. The third-order valence-corrected chi connectivity index (χ3v) is 3.63. The van der Waals surface area contributed by atoms with Crippen molar-refractivity contribution >= 4 is 33.3 Å². The van der Waals surface area contributed by atoms with Crippen LogP contribution in [0, 0.1) is 5.82 Å². The Morgan fingerprint density at radius 2 is 1.76 bits per heavy atom. The topological polar surface area (TPSA) is 17.1 Å². The summed E-state index contributed by atoms with van der Waals surface area (Å²) >= 11 is 8.89. The largest absolute Gasteiger partial charge is 0.419 e. The smallest absolute Gasteiger partial charge is 0.289 e. The Bertz CT molecular complexity index is 713. The van der Waals surface area contributed by atoms with E-state index in [4.69, 9.17) is 11.6 Å². The van der Waals surface area contributed by atoms with Crippen molar-refractivity contribution in [1.29, 1.82) is 0 Å². The Morgan fingerprint density at radius 1 is 1.10 bits per heavy atom. The second-order valence-electron chi connectivity index (χ2n) is 4.15. The summed E-state index contributed by atoms with van der Waals surface area (Å²) < 4.78 is 51.6. The molecule has 0 unspecified atom stereocenters. The highest BCUT2D eigenvalue weighted by molar-refractivity contribution is 9.10. The first-order valence-corrected chi connectivity index (χ1v) is 6.74. The van der Waals surface area contributed by atoms with E-state index in [0.29, 0.717) is 16.6 Å². The lowest BCUT2D eigenvalue weighted by atomic mass is 10.0. The number of benzene rings is 2. The maximum atomic E-state index is 13.2. The fourth-order valence-corrected chi connectivity index (χ4v) is 2.31. The molecule has 7 heteroatoms. The Kier molecular flexibility index (Phi) is 4.39. The van der Waals surface area contributed by atoms with E-state index in [-0.39, 0.29) is 16.1 Å². The normalized spacial score (nSPS) is 11.5. The molecule has 1 nitrogen and oxygen atoms in total. The summed E-state index contributed by atoms with van der Waals surface area (Å²) in [7, 11) is 0. The van der Waals surface area contributed by atoms with Gasteiger partial charge in [-0.2, -0.15) is 13.2 Å². The predicted octanol–water partition coefficient (Wildman–Crippen LogP) is 5.49. The van der Waals surface area contributed by atoms with Crippen LogP contribution in [0.15, 0.2) is 40.9 Å². The molecule has 0 saturated carbocycles. The monoisotopic (exact) mass is 380 g/mol. The van der Waals surface area contributed by atoms with Crippen LogP contribution in [0.25, 0.3) is 0 Å². The number of halogens is 6. The summed E-state index contributed by atoms with van der Waals surface area (Å²) in [5, 5.41) is 0.264. The number of hydrogen-bond acceptors (Lipinski definition) is 1. The molecule has 0 aromatic heterocycles. The second-order valence-corrected chi connectivity index (χ2v) is 5.44. The van der Waals surface area contributed by atoms with Crippen LogP contribution in [0.3, 0.4) is 0 Å². The zero-order valence-electron chi connectivity index (χ0n) is 10.1. The van der Waals surface area contributed by atoms with Crippen molar-refractivity contribution in [2.75, 3.05) is 0 Å². The minimum atomic E-state index is -4.87. The van der Waals surface area contributed by atoms with Gasteiger partial charge in [-0.1, -0.05) is 27.5 Å². The van der Waals surface area contributed by atoms with E-state index in [0.717, 1.165) is 6.07 Å². The summed E-state index contributed by atoms with van der Waals surface area (Å²) in [6.45, 7) is 0. The fourth-order valence-electron chi connectivity index (χ4n) is 1.71. The average Bonchev–Trinajstić information content (AvgIpc) is 2.40. The summed E-state index contributed by atoms with van der Waals surface area (Å²) in [4.78, 5) is 12.2. The third-order valence-electron chi connectivity index (χ3n) is 2.71. The average molecular weight is 382 g/mol. The van der Waals surface area contributed by atoms with Crippen LogP contribution in [-0.4, -0.2) is 5.78 Å². The van der Waals surface area contributed by atoms with Crippen LogP contribution >= 0.6 is 27.5 Å². The minimum absolute atomic E-state index is 0.0993. The van der Waals surface area contributed by atoms with Crippen molar-refractivity contribution in [2.45, 2.75) is 6.18 Å². The van der Waals surface area contributed by atoms with Gasteiger partial charge in [0, 0.05) is 20.6 Å². The van der Waals surface area contributed by atoms with Gasteiger partial charge in [0.15, 0.2) is 5.78 Å². The minimum Gasteiger partial charge on any atom is -0.289 e. The lowest BCUT2D eigenvalue weighted by molar-refractivity contribution is -0.140. The maximum absolute atomic E-state index is 13.2. The van der Waals surface area contributed by atoms with E-state index >= 15 is 0 Å². The molecule has 0 atom stereocenters. The van der Waals surface area contributed by atoms with Crippen LogP contribution in [-0.2, 0) is 6.18 Å². The lowest BCUT2D eigenvalue weighted by Gasteiger charge is -2.10. The molecule has 0 aliphatic heterocycles. The van der Waals surface area contributed by atoms with Crippen molar-refractivity contribution in [3.05, 3.63) is 68.4 Å². The Hall–Kier alpha value is -1.40. The molecule has 0 fully saturated rings. The third kappa shape index (κ3) is 3.44. The zero-order valence-corrected chi connectivity index (χ0v) is 12.5. The molecule has 2 aromatic carbocycles. The number of rotatable bonds is 2. The molecular weight excluding hydrogens is 376 g/mol. The molecule has 0 N–H and O–H groups in total. The Balaban J connectivity index is 2.52. The van der Waals surface area contributed by atoms with Gasteiger partial charge in [-0.05, 0) is 36.4 Å². The van der Waals surface area contributed by atoms with E-state index in [1.807, 2.05) is 0 Å². The summed E-state index contributed by atoms with van der Waals surface area (Å²) in [5.74, 6) is -2.11. The molecule has 0 aliphatic rings. The molecule has 0 heterocycles. The van der Waals surface area contributed by atoms with Gasteiger partial charge < -0.3 is 0 Å². The Morgan fingerprint density at radius 3 is 2.38 bits per heavy atom. The molecule has 21 heavy (non-hydrogen) atoms. The molecule has 0 bridgehead atoms. The first kappa shape index (κ1) is 16.0.